The van der Waals surface area contributed by atoms with Crippen LogP contribution >= 0.6 is 11.6 Å². The fraction of sp³-hybridized carbons (Fsp3) is 0.489. The van der Waals surface area contributed by atoms with E-state index in [4.69, 9.17) is 18.2 Å². The molecule has 0 aromatic heterocycles. The Labute approximate surface area is 345 Å². The minimum atomic E-state index is -0.607. The quantitative estimate of drug-likeness (QED) is 0.241. The summed E-state index contributed by atoms with van der Waals surface area (Å²) in [6.45, 7) is 18.2. The molecule has 6 heterocycles. The second-order valence-electron chi connectivity index (χ2n) is 17.3. The molecule has 302 valence electrons. The number of fused-ring (bicyclic) bond motifs is 1. The van der Waals surface area contributed by atoms with Crippen molar-refractivity contribution in [1.29, 1.82) is 0 Å². The molecule has 2 unspecified atom stereocenters. The molecule has 0 saturated carbocycles. The molecule has 5 saturated heterocycles. The SMILES string of the molecule is [C-]#[N+]c1ccc(N2CC3(CCN(c4ccc(C(=O)N5CCC(N6CCN(c7ccc8c(c7)CN(C7CCC(=O)NC7=O)C8=O)CC6)CC5)cc4)CC3)CC2C)cc1Cl. The molecule has 3 aromatic rings. The van der Waals surface area contributed by atoms with Crippen molar-refractivity contribution in [3.05, 3.63) is 93.8 Å². The number of likely N-dealkylation sites (tertiary alicyclic amines) is 1. The number of carbonyl (C=O) groups is 4. The van der Waals surface area contributed by atoms with Gasteiger partial charge < -0.3 is 24.5 Å². The molecule has 6 aliphatic rings. The van der Waals surface area contributed by atoms with Crippen LogP contribution in [-0.2, 0) is 16.1 Å². The molecular formula is C45H51ClN8O4. The van der Waals surface area contributed by atoms with Gasteiger partial charge in [-0.25, -0.2) is 4.85 Å². The van der Waals surface area contributed by atoms with E-state index in [1.165, 1.54) is 5.69 Å². The zero-order chi connectivity index (χ0) is 40.1. The lowest BCUT2D eigenvalue weighted by molar-refractivity contribution is -0.136. The van der Waals surface area contributed by atoms with Gasteiger partial charge in [0.15, 0.2) is 0 Å². The number of hydrogen-bond donors (Lipinski definition) is 1. The summed E-state index contributed by atoms with van der Waals surface area (Å²) in [4.78, 5) is 67.9. The molecule has 0 aliphatic carbocycles. The summed E-state index contributed by atoms with van der Waals surface area (Å²) >= 11 is 6.39. The lowest BCUT2D eigenvalue weighted by Gasteiger charge is -2.43. The number of nitrogens with zero attached hydrogens (tertiary/aromatic N) is 7. The van der Waals surface area contributed by atoms with Crippen LogP contribution in [0, 0.1) is 12.0 Å². The van der Waals surface area contributed by atoms with Gasteiger partial charge in [-0.05, 0) is 111 Å². The number of carbonyl (C=O) groups excluding carboxylic acids is 4. The Morgan fingerprint density at radius 3 is 2.19 bits per heavy atom. The van der Waals surface area contributed by atoms with Crippen LogP contribution in [0.15, 0.2) is 60.7 Å². The second kappa shape index (κ2) is 15.6. The normalized spacial score (nSPS) is 24.0. The van der Waals surface area contributed by atoms with E-state index >= 15 is 0 Å². The van der Waals surface area contributed by atoms with Crippen LogP contribution in [0.4, 0.5) is 22.7 Å². The van der Waals surface area contributed by atoms with Gasteiger partial charge in [-0.15, -0.1) is 0 Å². The molecule has 13 heteroatoms. The molecule has 5 fully saturated rings. The minimum Gasteiger partial charge on any atom is -0.371 e. The lowest BCUT2D eigenvalue weighted by atomic mass is 9.76. The Kier molecular flexibility index (Phi) is 10.3. The third-order valence-electron chi connectivity index (χ3n) is 13.9. The first-order valence-corrected chi connectivity index (χ1v) is 21.3. The summed E-state index contributed by atoms with van der Waals surface area (Å²) in [5.41, 5.74) is 6.46. The molecule has 6 aliphatic heterocycles. The van der Waals surface area contributed by atoms with Crippen molar-refractivity contribution in [2.45, 2.75) is 76.5 Å². The van der Waals surface area contributed by atoms with Gasteiger partial charge in [0.2, 0.25) is 17.5 Å². The molecular weight excluding hydrogens is 752 g/mol. The highest BCUT2D eigenvalue weighted by molar-refractivity contribution is 6.33. The Morgan fingerprint density at radius 2 is 1.50 bits per heavy atom. The standard InChI is InChI=1S/C45H51ClN8O4/c1-30-27-45(29-54(30)36-8-10-39(47-2)38(46)26-36)15-19-49(20-16-45)33-5-3-31(4-6-33)43(57)52-17-13-34(14-18-52)50-21-23-51(24-22-50)35-7-9-37-32(25-35)28-53(44(37)58)40-11-12-41(55)48-42(40)56/h3-10,25-26,30,34,40H,11-24,27-29H2,1H3,(H,48,55,56). The fourth-order valence-electron chi connectivity index (χ4n) is 10.6. The first-order valence-electron chi connectivity index (χ1n) is 20.9. The van der Waals surface area contributed by atoms with Gasteiger partial charge in [0.1, 0.15) is 6.04 Å². The van der Waals surface area contributed by atoms with E-state index in [-0.39, 0.29) is 35.5 Å². The van der Waals surface area contributed by atoms with Gasteiger partial charge >= 0.3 is 0 Å². The summed E-state index contributed by atoms with van der Waals surface area (Å²) in [7, 11) is 0. The maximum atomic E-state index is 13.6. The van der Waals surface area contributed by atoms with Gasteiger partial charge in [0.25, 0.3) is 11.8 Å². The highest BCUT2D eigenvalue weighted by Crippen LogP contribution is 2.46. The minimum absolute atomic E-state index is 0.114. The molecule has 2 atom stereocenters. The van der Waals surface area contributed by atoms with Gasteiger partial charge in [-0.2, -0.15) is 0 Å². The number of benzene rings is 3. The van der Waals surface area contributed by atoms with Crippen molar-refractivity contribution in [1.82, 2.24) is 20.0 Å². The molecule has 58 heavy (non-hydrogen) atoms. The number of hydrogen-bond acceptors (Lipinski definition) is 8. The number of nitrogens with one attached hydrogen (secondary N) is 1. The molecule has 0 bridgehead atoms. The van der Waals surface area contributed by atoms with Crippen molar-refractivity contribution in [3.8, 4) is 0 Å². The van der Waals surface area contributed by atoms with Crippen molar-refractivity contribution in [2.24, 2.45) is 5.41 Å². The summed E-state index contributed by atoms with van der Waals surface area (Å²) in [6.07, 6.45) is 5.93. The van der Waals surface area contributed by atoms with Crippen LogP contribution < -0.4 is 20.0 Å². The second-order valence-corrected chi connectivity index (χ2v) is 17.7. The number of rotatable bonds is 6. The summed E-state index contributed by atoms with van der Waals surface area (Å²) in [5.74, 6) is -0.697. The van der Waals surface area contributed by atoms with Crippen molar-refractivity contribution in [2.75, 3.05) is 73.6 Å². The van der Waals surface area contributed by atoms with Gasteiger partial charge in [-0.1, -0.05) is 17.7 Å². The zero-order valence-electron chi connectivity index (χ0n) is 33.2. The van der Waals surface area contributed by atoms with Crippen LogP contribution in [0.3, 0.4) is 0 Å². The van der Waals surface area contributed by atoms with E-state index in [0.717, 1.165) is 114 Å². The van der Waals surface area contributed by atoms with Crippen LogP contribution in [-0.4, -0.2) is 115 Å². The maximum absolute atomic E-state index is 13.6. The van der Waals surface area contributed by atoms with Crippen molar-refractivity contribution in [3.63, 3.8) is 0 Å². The lowest BCUT2D eigenvalue weighted by Crippen LogP contribution is -2.53. The molecule has 4 amide bonds. The number of anilines is 3. The number of piperazine rings is 1. The van der Waals surface area contributed by atoms with E-state index in [0.29, 0.717) is 41.3 Å². The fourth-order valence-corrected chi connectivity index (χ4v) is 10.8. The topological polar surface area (TPSA) is 104 Å². The third kappa shape index (κ3) is 7.28. The Balaban J connectivity index is 0.728. The first-order chi connectivity index (χ1) is 28.1. The zero-order valence-corrected chi connectivity index (χ0v) is 33.9. The van der Waals surface area contributed by atoms with Gasteiger partial charge in [0.05, 0.1) is 6.57 Å². The predicted molar refractivity (Wildman–Crippen MR) is 225 cm³/mol. The number of imide groups is 1. The van der Waals surface area contributed by atoms with E-state index in [9.17, 15) is 19.2 Å². The smallest absolute Gasteiger partial charge is 0.255 e. The number of halogens is 1. The van der Waals surface area contributed by atoms with Crippen molar-refractivity contribution >= 4 is 58.0 Å². The monoisotopic (exact) mass is 802 g/mol. The molecule has 1 N–H and O–H groups in total. The molecule has 12 nitrogen and oxygen atoms in total. The molecule has 9 rings (SSSR count). The van der Waals surface area contributed by atoms with Crippen LogP contribution in [0.25, 0.3) is 4.85 Å². The molecule has 3 aromatic carbocycles. The highest BCUT2D eigenvalue weighted by Gasteiger charge is 2.44. The summed E-state index contributed by atoms with van der Waals surface area (Å²) < 4.78 is 0. The van der Waals surface area contributed by atoms with Crippen molar-refractivity contribution < 1.29 is 19.2 Å². The first kappa shape index (κ1) is 38.4. The summed E-state index contributed by atoms with van der Waals surface area (Å²) in [5, 5.41) is 2.90. The number of piperidine rings is 3. The van der Waals surface area contributed by atoms with Gasteiger partial charge in [-0.3, -0.25) is 29.4 Å². The average molecular weight is 803 g/mol. The predicted octanol–water partition coefficient (Wildman–Crippen LogP) is 5.96. The highest BCUT2D eigenvalue weighted by atomic mass is 35.5. The molecule has 0 radical (unpaired) electrons. The Bertz CT molecular complexity index is 2150. The van der Waals surface area contributed by atoms with E-state index in [1.54, 1.807) is 4.90 Å². The van der Waals surface area contributed by atoms with Crippen LogP contribution in [0.1, 0.15) is 78.1 Å². The number of amides is 4. The summed E-state index contributed by atoms with van der Waals surface area (Å²) in [6, 6.07) is 20.3. The molecule has 1 spiro atoms. The Hall–Kier alpha value is -5.12. The van der Waals surface area contributed by atoms with E-state index < -0.39 is 6.04 Å². The Morgan fingerprint density at radius 1 is 0.810 bits per heavy atom. The third-order valence-corrected chi connectivity index (χ3v) is 14.2. The average Bonchev–Trinajstić information content (AvgIpc) is 3.75. The van der Waals surface area contributed by atoms with Gasteiger partial charge in [0, 0.05) is 117 Å². The van der Waals surface area contributed by atoms with E-state index in [1.807, 2.05) is 47.4 Å². The van der Waals surface area contributed by atoms with Crippen LogP contribution in [0.2, 0.25) is 5.02 Å². The largest absolute Gasteiger partial charge is 0.371 e. The van der Waals surface area contributed by atoms with Crippen LogP contribution in [0.5, 0.6) is 0 Å². The maximum Gasteiger partial charge on any atom is 0.255 e. The van der Waals surface area contributed by atoms with E-state index in [2.05, 4.69) is 54.9 Å².